The molecule has 0 fully saturated rings. The maximum atomic E-state index is 12.8. The molecule has 0 atom stereocenters. The minimum atomic E-state index is -4.51. The van der Waals surface area contributed by atoms with Gasteiger partial charge in [0.1, 0.15) is 18.0 Å². The largest absolute Gasteiger partial charge is 0.475 e. The summed E-state index contributed by atoms with van der Waals surface area (Å²) < 4.78 is 44.6. The molecule has 0 saturated heterocycles. The SMILES string of the molecule is FC(F)(F)c1cccnc1OCCNc1ccc2nnnn2n1. The van der Waals surface area contributed by atoms with Crippen LogP contribution in [0.25, 0.3) is 5.65 Å². The maximum absolute atomic E-state index is 12.8. The number of alkyl halides is 3. The van der Waals surface area contributed by atoms with Crippen molar-refractivity contribution in [2.75, 3.05) is 18.5 Å². The van der Waals surface area contributed by atoms with Crippen molar-refractivity contribution in [2.45, 2.75) is 6.18 Å². The van der Waals surface area contributed by atoms with E-state index in [1.165, 1.54) is 16.9 Å². The van der Waals surface area contributed by atoms with Crippen molar-refractivity contribution < 1.29 is 17.9 Å². The lowest BCUT2D eigenvalue weighted by molar-refractivity contribution is -0.139. The summed E-state index contributed by atoms with van der Waals surface area (Å²) in [6, 6.07) is 5.42. The quantitative estimate of drug-likeness (QED) is 0.710. The van der Waals surface area contributed by atoms with Crippen molar-refractivity contribution in [3.8, 4) is 5.88 Å². The fourth-order valence-corrected chi connectivity index (χ4v) is 1.79. The van der Waals surface area contributed by atoms with Gasteiger partial charge >= 0.3 is 6.18 Å². The van der Waals surface area contributed by atoms with Gasteiger partial charge in [-0.3, -0.25) is 0 Å². The number of fused-ring (bicyclic) bond motifs is 1. The van der Waals surface area contributed by atoms with Crippen molar-refractivity contribution in [3.05, 3.63) is 36.0 Å². The molecule has 0 spiro atoms. The Bertz CT molecular complexity index is 804. The van der Waals surface area contributed by atoms with Crippen LogP contribution in [0.5, 0.6) is 5.88 Å². The molecule has 11 heteroatoms. The summed E-state index contributed by atoms with van der Waals surface area (Å²) in [4.78, 5) is 3.61. The highest BCUT2D eigenvalue weighted by molar-refractivity contribution is 5.42. The summed E-state index contributed by atoms with van der Waals surface area (Å²) in [5.41, 5.74) is -0.427. The first kappa shape index (κ1) is 14.9. The summed E-state index contributed by atoms with van der Waals surface area (Å²) in [5, 5.41) is 17.7. The minimum Gasteiger partial charge on any atom is -0.475 e. The van der Waals surface area contributed by atoms with Gasteiger partial charge in [-0.05, 0) is 34.7 Å². The summed E-state index contributed by atoms with van der Waals surface area (Å²) in [6.45, 7) is 0.212. The molecule has 0 aliphatic rings. The number of halogens is 3. The molecule has 23 heavy (non-hydrogen) atoms. The zero-order valence-corrected chi connectivity index (χ0v) is 11.5. The smallest absolute Gasteiger partial charge is 0.421 e. The van der Waals surface area contributed by atoms with Gasteiger partial charge in [-0.15, -0.1) is 14.8 Å². The van der Waals surface area contributed by atoms with Crippen molar-refractivity contribution >= 4 is 11.5 Å². The minimum absolute atomic E-state index is 0.0184. The molecule has 120 valence electrons. The predicted molar refractivity (Wildman–Crippen MR) is 71.8 cm³/mol. The van der Waals surface area contributed by atoms with Gasteiger partial charge in [0, 0.05) is 6.20 Å². The Morgan fingerprint density at radius 2 is 2.09 bits per heavy atom. The van der Waals surface area contributed by atoms with Crippen LogP contribution in [-0.2, 0) is 6.18 Å². The highest BCUT2D eigenvalue weighted by atomic mass is 19.4. The van der Waals surface area contributed by atoms with E-state index in [9.17, 15) is 13.2 Å². The first-order valence-electron chi connectivity index (χ1n) is 6.48. The van der Waals surface area contributed by atoms with Gasteiger partial charge in [-0.2, -0.15) is 13.2 Å². The van der Waals surface area contributed by atoms with E-state index in [-0.39, 0.29) is 13.2 Å². The topological polar surface area (TPSA) is 90.1 Å². The summed E-state index contributed by atoms with van der Waals surface area (Å²) in [7, 11) is 0. The third kappa shape index (κ3) is 3.44. The van der Waals surface area contributed by atoms with E-state index in [1.807, 2.05) is 0 Å². The van der Waals surface area contributed by atoms with Gasteiger partial charge < -0.3 is 10.1 Å². The summed E-state index contributed by atoms with van der Waals surface area (Å²) >= 11 is 0. The normalized spacial score (nSPS) is 11.6. The molecular formula is C12H10F3N7O. The number of nitrogens with one attached hydrogen (secondary N) is 1. The number of aromatic nitrogens is 6. The van der Waals surface area contributed by atoms with E-state index in [0.29, 0.717) is 11.5 Å². The molecule has 0 bridgehead atoms. The van der Waals surface area contributed by atoms with Crippen molar-refractivity contribution in [2.24, 2.45) is 0 Å². The fraction of sp³-hybridized carbons (Fsp3) is 0.250. The highest BCUT2D eigenvalue weighted by Gasteiger charge is 2.34. The lowest BCUT2D eigenvalue weighted by atomic mass is 10.2. The fourth-order valence-electron chi connectivity index (χ4n) is 1.79. The van der Waals surface area contributed by atoms with E-state index >= 15 is 0 Å². The Morgan fingerprint density at radius 3 is 2.91 bits per heavy atom. The van der Waals surface area contributed by atoms with Crippen LogP contribution in [0.4, 0.5) is 19.0 Å². The highest BCUT2D eigenvalue weighted by Crippen LogP contribution is 2.34. The van der Waals surface area contributed by atoms with Crippen molar-refractivity contribution in [1.29, 1.82) is 0 Å². The Hall–Kier alpha value is -2.98. The van der Waals surface area contributed by atoms with E-state index in [2.05, 4.69) is 30.9 Å². The van der Waals surface area contributed by atoms with Crippen LogP contribution in [0.15, 0.2) is 30.5 Å². The van der Waals surface area contributed by atoms with Gasteiger partial charge in [-0.25, -0.2) is 4.98 Å². The van der Waals surface area contributed by atoms with Crippen LogP contribution in [0.3, 0.4) is 0 Å². The number of ether oxygens (including phenoxy) is 1. The molecule has 0 aliphatic carbocycles. The molecule has 0 radical (unpaired) electrons. The van der Waals surface area contributed by atoms with E-state index in [4.69, 9.17) is 4.74 Å². The molecule has 0 aromatic carbocycles. The number of tetrazole rings is 1. The molecule has 8 nitrogen and oxygen atoms in total. The molecule has 0 unspecified atom stereocenters. The van der Waals surface area contributed by atoms with E-state index in [1.54, 1.807) is 12.1 Å². The standard InChI is InChI=1S/C12H10F3N7O/c13-12(14,15)8-2-1-5-17-11(8)23-7-6-16-9-3-4-10-18-20-21-22(10)19-9/h1-5H,6-7H2,(H,16,19). The number of nitrogens with zero attached hydrogens (tertiary/aromatic N) is 6. The molecule has 3 rings (SSSR count). The zero-order valence-electron chi connectivity index (χ0n) is 11.5. The molecule has 0 amide bonds. The molecule has 3 aromatic heterocycles. The second-order valence-corrected chi connectivity index (χ2v) is 4.37. The van der Waals surface area contributed by atoms with Crippen molar-refractivity contribution in [3.63, 3.8) is 0 Å². The number of pyridine rings is 1. The molecule has 3 heterocycles. The molecular weight excluding hydrogens is 315 g/mol. The average molecular weight is 325 g/mol. The molecule has 0 saturated carbocycles. The number of hydrogen-bond donors (Lipinski definition) is 1. The van der Waals surface area contributed by atoms with Crippen LogP contribution in [0, 0.1) is 0 Å². The predicted octanol–water partition coefficient (Wildman–Crippen LogP) is 1.42. The Morgan fingerprint density at radius 1 is 1.22 bits per heavy atom. The summed E-state index contributed by atoms with van der Waals surface area (Å²) in [5.74, 6) is 0.0103. The van der Waals surface area contributed by atoms with Crippen LogP contribution in [0.1, 0.15) is 5.56 Å². The Labute approximate surface area is 127 Å². The number of rotatable bonds is 5. The van der Waals surface area contributed by atoms with Crippen molar-refractivity contribution in [1.82, 2.24) is 30.2 Å². The molecule has 1 N–H and O–H groups in total. The second-order valence-electron chi connectivity index (χ2n) is 4.37. The summed E-state index contributed by atoms with van der Waals surface area (Å²) in [6.07, 6.45) is -3.27. The zero-order chi connectivity index (χ0) is 16.3. The van der Waals surface area contributed by atoms with E-state index < -0.39 is 17.6 Å². The van der Waals surface area contributed by atoms with Gasteiger partial charge in [0.15, 0.2) is 5.65 Å². The van der Waals surface area contributed by atoms with Crippen LogP contribution >= 0.6 is 0 Å². The maximum Gasteiger partial charge on any atom is 0.421 e. The lowest BCUT2D eigenvalue weighted by Gasteiger charge is -2.12. The Kier molecular flexibility index (Phi) is 3.91. The third-order valence-corrected chi connectivity index (χ3v) is 2.79. The van der Waals surface area contributed by atoms with Gasteiger partial charge in [0.25, 0.3) is 0 Å². The van der Waals surface area contributed by atoms with E-state index in [0.717, 1.165) is 6.07 Å². The lowest BCUT2D eigenvalue weighted by Crippen LogP contribution is -2.16. The van der Waals surface area contributed by atoms with Gasteiger partial charge in [-0.1, -0.05) is 0 Å². The third-order valence-electron chi connectivity index (χ3n) is 2.79. The second kappa shape index (κ2) is 6.02. The van der Waals surface area contributed by atoms with Crippen LogP contribution in [-0.4, -0.2) is 43.4 Å². The first-order valence-corrected chi connectivity index (χ1v) is 6.48. The number of anilines is 1. The molecule has 0 aliphatic heterocycles. The van der Waals surface area contributed by atoms with Crippen LogP contribution in [0.2, 0.25) is 0 Å². The molecule has 3 aromatic rings. The monoisotopic (exact) mass is 325 g/mol. The van der Waals surface area contributed by atoms with Crippen LogP contribution < -0.4 is 10.1 Å². The number of hydrogen-bond acceptors (Lipinski definition) is 7. The Balaban J connectivity index is 1.58. The van der Waals surface area contributed by atoms with Gasteiger partial charge in [0.2, 0.25) is 5.88 Å². The van der Waals surface area contributed by atoms with Gasteiger partial charge in [0.05, 0.1) is 6.54 Å². The average Bonchev–Trinajstić information content (AvgIpc) is 2.98. The first-order chi connectivity index (χ1) is 11.0.